The van der Waals surface area contributed by atoms with Crippen LogP contribution in [0, 0.1) is 0 Å². The molecule has 0 spiro atoms. The number of rotatable bonds is 8. The Bertz CT molecular complexity index is 1130. The molecule has 1 N–H and O–H groups in total. The van der Waals surface area contributed by atoms with Gasteiger partial charge in [-0.3, -0.25) is 4.79 Å². The van der Waals surface area contributed by atoms with Crippen LogP contribution < -0.4 is 10.1 Å². The Morgan fingerprint density at radius 3 is 2.19 bits per heavy atom. The summed E-state index contributed by atoms with van der Waals surface area (Å²) in [6.07, 6.45) is 0. The Balaban J connectivity index is 1.92. The Morgan fingerprint density at radius 1 is 0.935 bits per heavy atom. The molecule has 1 amide bonds. The van der Waals surface area contributed by atoms with Crippen molar-refractivity contribution in [1.29, 1.82) is 0 Å². The van der Waals surface area contributed by atoms with Gasteiger partial charge in [0.2, 0.25) is 10.0 Å². The number of amides is 1. The predicted octanol–water partition coefficient (Wildman–Crippen LogP) is 3.86. The van der Waals surface area contributed by atoms with E-state index >= 15 is 0 Å². The van der Waals surface area contributed by atoms with Gasteiger partial charge in [0, 0.05) is 19.7 Å². The van der Waals surface area contributed by atoms with Gasteiger partial charge in [0.1, 0.15) is 5.75 Å². The maximum Gasteiger partial charge on any atom is 0.252 e. The van der Waals surface area contributed by atoms with Gasteiger partial charge in [-0.1, -0.05) is 48.5 Å². The quantitative estimate of drug-likeness (QED) is 0.580. The van der Waals surface area contributed by atoms with Crippen LogP contribution in [0.15, 0.2) is 83.8 Å². The molecule has 0 radical (unpaired) electrons. The van der Waals surface area contributed by atoms with Gasteiger partial charge in [0.05, 0.1) is 17.5 Å². The number of sulfonamides is 1. The van der Waals surface area contributed by atoms with Gasteiger partial charge < -0.3 is 10.1 Å². The molecular formula is C24H26N2O4S. The molecule has 0 aliphatic rings. The van der Waals surface area contributed by atoms with Gasteiger partial charge >= 0.3 is 0 Å². The summed E-state index contributed by atoms with van der Waals surface area (Å²) in [5.41, 5.74) is 2.08. The summed E-state index contributed by atoms with van der Waals surface area (Å²) in [6, 6.07) is 22.8. The standard InChI is InChI=1S/C24H26N2O4S/c1-4-30-21-15-13-19(14-16-21)23(18-9-6-5-7-10-18)25-24(27)20-11-8-12-22(17-20)31(28,29)26(2)3/h5-17,23H,4H2,1-3H3,(H,25,27). The Hall–Kier alpha value is -3.16. The lowest BCUT2D eigenvalue weighted by Crippen LogP contribution is -2.29. The minimum absolute atomic E-state index is 0.0717. The molecule has 1 atom stereocenters. The van der Waals surface area contributed by atoms with Crippen molar-refractivity contribution in [3.63, 3.8) is 0 Å². The number of carbonyl (C=O) groups is 1. The van der Waals surface area contributed by atoms with Gasteiger partial charge in [0.15, 0.2) is 0 Å². The van der Waals surface area contributed by atoms with Crippen molar-refractivity contribution in [3.8, 4) is 5.75 Å². The number of ether oxygens (including phenoxy) is 1. The van der Waals surface area contributed by atoms with E-state index in [1.165, 1.54) is 26.2 Å². The smallest absolute Gasteiger partial charge is 0.252 e. The first-order valence-electron chi connectivity index (χ1n) is 9.94. The molecule has 0 heterocycles. The Kier molecular flexibility index (Phi) is 7.09. The molecule has 0 fully saturated rings. The highest BCUT2D eigenvalue weighted by Crippen LogP contribution is 2.25. The number of hydrogen-bond acceptors (Lipinski definition) is 4. The summed E-state index contributed by atoms with van der Waals surface area (Å²) in [5.74, 6) is 0.393. The summed E-state index contributed by atoms with van der Waals surface area (Å²) in [5, 5.41) is 3.04. The number of nitrogens with zero attached hydrogens (tertiary/aromatic N) is 1. The molecule has 0 saturated heterocycles. The molecule has 3 rings (SSSR count). The molecule has 1 unspecified atom stereocenters. The third kappa shape index (κ3) is 5.31. The molecule has 162 valence electrons. The van der Waals surface area contributed by atoms with Gasteiger partial charge in [-0.05, 0) is 48.4 Å². The molecule has 6 nitrogen and oxygen atoms in total. The van der Waals surface area contributed by atoms with E-state index in [4.69, 9.17) is 4.74 Å². The summed E-state index contributed by atoms with van der Waals surface area (Å²) in [7, 11) is -0.721. The van der Waals surface area contributed by atoms with Crippen molar-refractivity contribution in [2.75, 3.05) is 20.7 Å². The maximum atomic E-state index is 13.1. The fourth-order valence-electron chi connectivity index (χ4n) is 3.15. The molecular weight excluding hydrogens is 412 g/mol. The van der Waals surface area contributed by atoms with Gasteiger partial charge in [-0.25, -0.2) is 12.7 Å². The lowest BCUT2D eigenvalue weighted by molar-refractivity contribution is 0.0942. The maximum absolute atomic E-state index is 13.1. The zero-order valence-electron chi connectivity index (χ0n) is 17.8. The van der Waals surface area contributed by atoms with Crippen LogP contribution in [0.5, 0.6) is 5.75 Å². The van der Waals surface area contributed by atoms with Crippen LogP contribution >= 0.6 is 0 Å². The van der Waals surface area contributed by atoms with Gasteiger partial charge in [-0.15, -0.1) is 0 Å². The van der Waals surface area contributed by atoms with Gasteiger partial charge in [0.25, 0.3) is 5.91 Å². The largest absolute Gasteiger partial charge is 0.494 e. The third-order valence-electron chi connectivity index (χ3n) is 4.81. The van der Waals surface area contributed by atoms with E-state index in [1.54, 1.807) is 12.1 Å². The minimum Gasteiger partial charge on any atom is -0.494 e. The van der Waals surface area contributed by atoms with E-state index in [9.17, 15) is 13.2 Å². The average Bonchev–Trinajstić information content (AvgIpc) is 2.79. The molecule has 3 aromatic rings. The summed E-state index contributed by atoms with van der Waals surface area (Å²) in [6.45, 7) is 2.50. The van der Waals surface area contributed by atoms with Crippen molar-refractivity contribution >= 4 is 15.9 Å². The van der Waals surface area contributed by atoms with E-state index in [-0.39, 0.29) is 16.4 Å². The van der Waals surface area contributed by atoms with Crippen LogP contribution in [-0.4, -0.2) is 39.3 Å². The van der Waals surface area contributed by atoms with Crippen LogP contribution in [0.2, 0.25) is 0 Å². The van der Waals surface area contributed by atoms with Crippen molar-refractivity contribution in [2.24, 2.45) is 0 Å². The SMILES string of the molecule is CCOc1ccc(C(NC(=O)c2cccc(S(=O)(=O)N(C)C)c2)c2ccccc2)cc1. The van der Waals surface area contributed by atoms with Crippen LogP contribution in [0.1, 0.15) is 34.5 Å². The highest BCUT2D eigenvalue weighted by molar-refractivity contribution is 7.89. The van der Waals surface area contributed by atoms with E-state index < -0.39 is 16.1 Å². The second kappa shape index (κ2) is 9.76. The zero-order valence-corrected chi connectivity index (χ0v) is 18.6. The van der Waals surface area contributed by atoms with E-state index in [1.807, 2.05) is 61.5 Å². The highest BCUT2D eigenvalue weighted by atomic mass is 32.2. The first-order chi connectivity index (χ1) is 14.8. The van der Waals surface area contributed by atoms with E-state index in [2.05, 4.69) is 5.32 Å². The molecule has 7 heteroatoms. The van der Waals surface area contributed by atoms with Crippen LogP contribution in [0.4, 0.5) is 0 Å². The number of hydrogen-bond donors (Lipinski definition) is 1. The lowest BCUT2D eigenvalue weighted by atomic mass is 9.98. The summed E-state index contributed by atoms with van der Waals surface area (Å²) < 4.78 is 31.5. The topological polar surface area (TPSA) is 75.7 Å². The second-order valence-corrected chi connectivity index (χ2v) is 9.29. The minimum atomic E-state index is -3.64. The van der Waals surface area contributed by atoms with Gasteiger partial charge in [-0.2, -0.15) is 0 Å². The lowest BCUT2D eigenvalue weighted by Gasteiger charge is -2.21. The van der Waals surface area contributed by atoms with E-state index in [0.717, 1.165) is 21.2 Å². The van der Waals surface area contributed by atoms with Crippen LogP contribution in [0.25, 0.3) is 0 Å². The molecule has 0 bridgehead atoms. The second-order valence-electron chi connectivity index (χ2n) is 7.13. The first kappa shape index (κ1) is 22.5. The Labute approximate surface area is 183 Å². The molecule has 0 aliphatic carbocycles. The Morgan fingerprint density at radius 2 is 1.58 bits per heavy atom. The van der Waals surface area contributed by atoms with Crippen molar-refractivity contribution in [1.82, 2.24) is 9.62 Å². The van der Waals surface area contributed by atoms with Crippen LogP contribution in [0.3, 0.4) is 0 Å². The summed E-state index contributed by atoms with van der Waals surface area (Å²) in [4.78, 5) is 13.1. The zero-order chi connectivity index (χ0) is 22.4. The number of carbonyl (C=O) groups excluding carboxylic acids is 1. The molecule has 0 aliphatic heterocycles. The summed E-state index contributed by atoms with van der Waals surface area (Å²) >= 11 is 0. The van der Waals surface area contributed by atoms with Crippen LogP contribution in [-0.2, 0) is 10.0 Å². The fourth-order valence-corrected chi connectivity index (χ4v) is 4.10. The molecule has 0 saturated carbocycles. The fraction of sp³-hybridized carbons (Fsp3) is 0.208. The highest BCUT2D eigenvalue weighted by Gasteiger charge is 2.21. The molecule has 31 heavy (non-hydrogen) atoms. The monoisotopic (exact) mass is 438 g/mol. The predicted molar refractivity (Wildman–Crippen MR) is 121 cm³/mol. The molecule has 3 aromatic carbocycles. The van der Waals surface area contributed by atoms with Crippen molar-refractivity contribution in [3.05, 3.63) is 95.6 Å². The first-order valence-corrected chi connectivity index (χ1v) is 11.4. The average molecular weight is 439 g/mol. The normalized spacial score (nSPS) is 12.4. The number of benzene rings is 3. The number of nitrogens with one attached hydrogen (secondary N) is 1. The van der Waals surface area contributed by atoms with Crippen molar-refractivity contribution in [2.45, 2.75) is 17.9 Å². The van der Waals surface area contributed by atoms with Crippen molar-refractivity contribution < 1.29 is 17.9 Å². The third-order valence-corrected chi connectivity index (χ3v) is 6.62. The van der Waals surface area contributed by atoms with E-state index in [0.29, 0.717) is 6.61 Å². The molecule has 0 aromatic heterocycles.